The van der Waals surface area contributed by atoms with Gasteiger partial charge in [0.05, 0.1) is 5.69 Å². The van der Waals surface area contributed by atoms with Crippen LogP contribution in [0.4, 0.5) is 0 Å². The second-order valence-electron chi connectivity index (χ2n) is 4.58. The molecule has 0 amide bonds. The molecule has 1 aliphatic heterocycles. The number of benzene rings is 1. The van der Waals surface area contributed by atoms with Gasteiger partial charge >= 0.3 is 0 Å². The minimum atomic E-state index is 0.0147. The molecule has 0 spiro atoms. The van der Waals surface area contributed by atoms with Gasteiger partial charge in [-0.05, 0) is 25.0 Å². The van der Waals surface area contributed by atoms with E-state index in [1.165, 1.54) is 11.1 Å². The SMILES string of the molecule is Cc1cccc(-c2nc3c(c(=O)[nH]2)CSC3)c1C. The van der Waals surface area contributed by atoms with Crippen LogP contribution in [-0.4, -0.2) is 9.97 Å². The van der Waals surface area contributed by atoms with Gasteiger partial charge in [0.15, 0.2) is 0 Å². The maximum absolute atomic E-state index is 12.0. The third kappa shape index (κ3) is 1.77. The largest absolute Gasteiger partial charge is 0.306 e. The lowest BCUT2D eigenvalue weighted by Gasteiger charge is -2.08. The average Bonchev–Trinajstić information content (AvgIpc) is 2.81. The molecule has 0 unspecified atom stereocenters. The molecule has 1 N–H and O–H groups in total. The van der Waals surface area contributed by atoms with Crippen LogP contribution in [0.25, 0.3) is 11.4 Å². The predicted molar refractivity (Wildman–Crippen MR) is 74.8 cm³/mol. The number of fused-ring (bicyclic) bond motifs is 1. The second-order valence-corrected chi connectivity index (χ2v) is 5.57. The number of thioether (sulfide) groups is 1. The van der Waals surface area contributed by atoms with Crippen molar-refractivity contribution in [2.24, 2.45) is 0 Å². The molecule has 0 aliphatic carbocycles. The van der Waals surface area contributed by atoms with E-state index in [1.807, 2.05) is 12.1 Å². The molecular formula is C14H14N2OS. The fourth-order valence-corrected chi connectivity index (χ4v) is 3.23. The number of aromatic nitrogens is 2. The first-order chi connectivity index (χ1) is 8.66. The Balaban J connectivity index is 2.21. The molecule has 0 atom stereocenters. The number of aromatic amines is 1. The van der Waals surface area contributed by atoms with Gasteiger partial charge < -0.3 is 4.98 Å². The van der Waals surface area contributed by atoms with Crippen molar-refractivity contribution in [1.29, 1.82) is 0 Å². The third-order valence-corrected chi connectivity index (χ3v) is 4.42. The van der Waals surface area contributed by atoms with E-state index in [-0.39, 0.29) is 5.56 Å². The van der Waals surface area contributed by atoms with Gasteiger partial charge in [-0.3, -0.25) is 4.79 Å². The van der Waals surface area contributed by atoms with E-state index in [2.05, 4.69) is 29.9 Å². The summed E-state index contributed by atoms with van der Waals surface area (Å²) in [6.45, 7) is 4.13. The van der Waals surface area contributed by atoms with E-state index in [0.717, 1.165) is 28.3 Å². The molecule has 18 heavy (non-hydrogen) atoms. The highest BCUT2D eigenvalue weighted by molar-refractivity contribution is 7.98. The Morgan fingerprint density at radius 3 is 2.94 bits per heavy atom. The summed E-state index contributed by atoms with van der Waals surface area (Å²) in [5, 5.41) is 0. The standard InChI is InChI=1S/C14H14N2OS/c1-8-4-3-5-10(9(8)2)13-15-12-7-18-6-11(12)14(17)16-13/h3-5H,6-7H2,1-2H3,(H,15,16,17). The van der Waals surface area contributed by atoms with Crippen LogP contribution in [0.3, 0.4) is 0 Å². The molecule has 0 fully saturated rings. The first-order valence-corrected chi connectivity index (χ1v) is 7.08. The zero-order valence-electron chi connectivity index (χ0n) is 10.4. The molecule has 0 bridgehead atoms. The van der Waals surface area contributed by atoms with Crippen molar-refractivity contribution in [2.75, 3.05) is 0 Å². The van der Waals surface area contributed by atoms with Gasteiger partial charge in [-0.15, -0.1) is 0 Å². The Hall–Kier alpha value is -1.55. The van der Waals surface area contributed by atoms with Gasteiger partial charge in [-0.2, -0.15) is 11.8 Å². The highest BCUT2D eigenvalue weighted by atomic mass is 32.2. The molecule has 4 heteroatoms. The first-order valence-electron chi connectivity index (χ1n) is 5.93. The Labute approximate surface area is 110 Å². The summed E-state index contributed by atoms with van der Waals surface area (Å²) in [7, 11) is 0. The van der Waals surface area contributed by atoms with Crippen LogP contribution < -0.4 is 5.56 Å². The van der Waals surface area contributed by atoms with Crippen LogP contribution in [0.5, 0.6) is 0 Å². The first kappa shape index (κ1) is 11.5. The maximum atomic E-state index is 12.0. The summed E-state index contributed by atoms with van der Waals surface area (Å²) in [5.41, 5.74) is 5.21. The minimum absolute atomic E-state index is 0.0147. The maximum Gasteiger partial charge on any atom is 0.255 e. The number of nitrogens with zero attached hydrogens (tertiary/aromatic N) is 1. The topological polar surface area (TPSA) is 45.8 Å². The molecule has 3 rings (SSSR count). The number of aryl methyl sites for hydroxylation is 1. The van der Waals surface area contributed by atoms with E-state index >= 15 is 0 Å². The van der Waals surface area contributed by atoms with Crippen molar-refractivity contribution >= 4 is 11.8 Å². The molecule has 1 aromatic heterocycles. The van der Waals surface area contributed by atoms with Crippen LogP contribution in [0, 0.1) is 13.8 Å². The van der Waals surface area contributed by atoms with Crippen LogP contribution in [0.1, 0.15) is 22.4 Å². The molecule has 1 aromatic carbocycles. The summed E-state index contributed by atoms with van der Waals surface area (Å²) in [6, 6.07) is 6.08. The fraction of sp³-hybridized carbons (Fsp3) is 0.286. The molecular weight excluding hydrogens is 244 g/mol. The van der Waals surface area contributed by atoms with E-state index in [9.17, 15) is 4.79 Å². The Morgan fingerprint density at radius 1 is 1.28 bits per heavy atom. The van der Waals surface area contributed by atoms with Crippen molar-refractivity contribution in [3.8, 4) is 11.4 Å². The molecule has 92 valence electrons. The normalized spacial score (nSPS) is 13.7. The van der Waals surface area contributed by atoms with Gasteiger partial charge in [0.1, 0.15) is 5.82 Å². The quantitative estimate of drug-likeness (QED) is 0.855. The van der Waals surface area contributed by atoms with Crippen LogP contribution in [-0.2, 0) is 11.5 Å². The minimum Gasteiger partial charge on any atom is -0.306 e. The molecule has 1 aliphatic rings. The lowest BCUT2D eigenvalue weighted by Crippen LogP contribution is -2.15. The molecule has 2 heterocycles. The zero-order chi connectivity index (χ0) is 12.7. The molecule has 0 radical (unpaired) electrons. The van der Waals surface area contributed by atoms with Gasteiger partial charge in [0.2, 0.25) is 0 Å². The van der Waals surface area contributed by atoms with Crippen molar-refractivity contribution in [3.63, 3.8) is 0 Å². The van der Waals surface area contributed by atoms with Gasteiger partial charge in [0.25, 0.3) is 5.56 Å². The van der Waals surface area contributed by atoms with Crippen molar-refractivity contribution < 1.29 is 0 Å². The molecule has 0 saturated carbocycles. The summed E-state index contributed by atoms with van der Waals surface area (Å²) in [5.74, 6) is 2.32. The number of nitrogens with one attached hydrogen (secondary N) is 1. The predicted octanol–water partition coefficient (Wildman–Crippen LogP) is 2.80. The fourth-order valence-electron chi connectivity index (χ4n) is 2.20. The lowest BCUT2D eigenvalue weighted by molar-refractivity contribution is 1.03. The lowest BCUT2D eigenvalue weighted by atomic mass is 10.0. The van der Waals surface area contributed by atoms with Crippen LogP contribution in [0.2, 0.25) is 0 Å². The summed E-state index contributed by atoms with van der Waals surface area (Å²) in [4.78, 5) is 19.5. The smallest absolute Gasteiger partial charge is 0.255 e. The van der Waals surface area contributed by atoms with Crippen LogP contribution in [0.15, 0.2) is 23.0 Å². The Morgan fingerprint density at radius 2 is 2.11 bits per heavy atom. The Kier molecular flexibility index (Phi) is 2.74. The second kappa shape index (κ2) is 4.28. The van der Waals surface area contributed by atoms with E-state index in [1.54, 1.807) is 11.8 Å². The van der Waals surface area contributed by atoms with Gasteiger partial charge in [-0.25, -0.2) is 4.98 Å². The van der Waals surface area contributed by atoms with Crippen molar-refractivity contribution in [2.45, 2.75) is 25.4 Å². The zero-order valence-corrected chi connectivity index (χ0v) is 11.2. The van der Waals surface area contributed by atoms with Gasteiger partial charge in [0, 0.05) is 22.6 Å². The molecule has 2 aromatic rings. The number of hydrogen-bond donors (Lipinski definition) is 1. The summed E-state index contributed by atoms with van der Waals surface area (Å²) >= 11 is 1.75. The van der Waals surface area contributed by atoms with Crippen LogP contribution >= 0.6 is 11.8 Å². The van der Waals surface area contributed by atoms with Crippen molar-refractivity contribution in [1.82, 2.24) is 9.97 Å². The third-order valence-electron chi connectivity index (χ3n) is 3.45. The van der Waals surface area contributed by atoms with E-state index in [4.69, 9.17) is 0 Å². The molecule has 3 nitrogen and oxygen atoms in total. The Bertz CT molecular complexity index is 676. The van der Waals surface area contributed by atoms with E-state index < -0.39 is 0 Å². The van der Waals surface area contributed by atoms with Crippen molar-refractivity contribution in [3.05, 3.63) is 50.9 Å². The van der Waals surface area contributed by atoms with Gasteiger partial charge in [-0.1, -0.05) is 18.2 Å². The molecule has 0 saturated heterocycles. The monoisotopic (exact) mass is 258 g/mol. The number of rotatable bonds is 1. The number of hydrogen-bond acceptors (Lipinski definition) is 3. The number of H-pyrrole nitrogens is 1. The average molecular weight is 258 g/mol. The summed E-state index contributed by atoms with van der Waals surface area (Å²) < 4.78 is 0. The summed E-state index contributed by atoms with van der Waals surface area (Å²) in [6.07, 6.45) is 0. The van der Waals surface area contributed by atoms with E-state index in [0.29, 0.717) is 5.82 Å². The highest BCUT2D eigenvalue weighted by Gasteiger charge is 2.18. The highest BCUT2D eigenvalue weighted by Crippen LogP contribution is 2.28.